The van der Waals surface area contributed by atoms with Gasteiger partial charge in [0, 0.05) is 18.7 Å². The number of nitrogens with one attached hydrogen (secondary N) is 1. The van der Waals surface area contributed by atoms with Gasteiger partial charge in [-0.15, -0.1) is 10.2 Å². The fourth-order valence-corrected chi connectivity index (χ4v) is 3.90. The molecule has 1 amide bonds. The van der Waals surface area contributed by atoms with Gasteiger partial charge in [-0.05, 0) is 61.8 Å². The molecule has 0 saturated heterocycles. The van der Waals surface area contributed by atoms with Crippen molar-refractivity contribution in [2.24, 2.45) is 18.9 Å². The third-order valence-electron chi connectivity index (χ3n) is 4.86. The van der Waals surface area contributed by atoms with Gasteiger partial charge in [0.1, 0.15) is 5.82 Å². The van der Waals surface area contributed by atoms with E-state index in [1.54, 1.807) is 12.1 Å². The molecule has 0 radical (unpaired) electrons. The highest BCUT2D eigenvalue weighted by Gasteiger charge is 2.42. The molecule has 0 aliphatic heterocycles. The molecule has 2 fully saturated rings. The fraction of sp³-hybridized carbons (Fsp3) is 0.500. The van der Waals surface area contributed by atoms with Gasteiger partial charge in [0.15, 0.2) is 11.0 Å². The lowest BCUT2D eigenvalue weighted by atomic mass is 10.1. The number of aromatic nitrogens is 3. The summed E-state index contributed by atoms with van der Waals surface area (Å²) in [6, 6.07) is 6.54. The number of rotatable bonds is 7. The van der Waals surface area contributed by atoms with Gasteiger partial charge in [0.2, 0.25) is 5.91 Å². The van der Waals surface area contributed by atoms with Crippen molar-refractivity contribution in [1.29, 1.82) is 0 Å². The standard InChI is InChI=1S/C18H21FN4OS/c1-23-17(13-6-8-14(19)9-7-13)21-22-18(23)25-10-15(24)20-16(11-2-3-11)12-4-5-12/h6-9,11-12,16H,2-5,10H2,1H3,(H,20,24). The summed E-state index contributed by atoms with van der Waals surface area (Å²) in [7, 11) is 1.86. The Morgan fingerprint density at radius 3 is 2.48 bits per heavy atom. The van der Waals surface area contributed by atoms with Gasteiger partial charge in [0.25, 0.3) is 0 Å². The maximum atomic E-state index is 13.1. The summed E-state index contributed by atoms with van der Waals surface area (Å²) in [5.41, 5.74) is 0.801. The molecule has 1 heterocycles. The van der Waals surface area contributed by atoms with Crippen molar-refractivity contribution in [1.82, 2.24) is 20.1 Å². The lowest BCUT2D eigenvalue weighted by molar-refractivity contribution is -0.119. The first-order chi connectivity index (χ1) is 12.1. The van der Waals surface area contributed by atoms with Gasteiger partial charge < -0.3 is 9.88 Å². The van der Waals surface area contributed by atoms with Crippen molar-refractivity contribution in [2.45, 2.75) is 36.9 Å². The molecule has 0 unspecified atom stereocenters. The molecule has 1 N–H and O–H groups in total. The van der Waals surface area contributed by atoms with Crippen molar-refractivity contribution in [3.05, 3.63) is 30.1 Å². The van der Waals surface area contributed by atoms with Gasteiger partial charge in [-0.3, -0.25) is 4.79 Å². The monoisotopic (exact) mass is 360 g/mol. The molecular weight excluding hydrogens is 339 g/mol. The third-order valence-corrected chi connectivity index (χ3v) is 5.88. The number of amides is 1. The van der Waals surface area contributed by atoms with Crippen LogP contribution in [-0.4, -0.2) is 32.5 Å². The van der Waals surface area contributed by atoms with E-state index in [1.807, 2.05) is 11.6 Å². The van der Waals surface area contributed by atoms with Gasteiger partial charge in [-0.1, -0.05) is 11.8 Å². The zero-order valence-corrected chi connectivity index (χ0v) is 14.9. The first-order valence-corrected chi connectivity index (χ1v) is 9.68. The fourth-order valence-electron chi connectivity index (χ4n) is 3.18. The Morgan fingerprint density at radius 1 is 1.24 bits per heavy atom. The predicted molar refractivity (Wildman–Crippen MR) is 94.5 cm³/mol. The topological polar surface area (TPSA) is 59.8 Å². The Labute approximate surface area is 150 Å². The van der Waals surface area contributed by atoms with E-state index in [1.165, 1.54) is 49.6 Å². The minimum atomic E-state index is -0.280. The first-order valence-electron chi connectivity index (χ1n) is 8.69. The molecule has 2 aromatic rings. The Morgan fingerprint density at radius 2 is 1.88 bits per heavy atom. The van der Waals surface area contributed by atoms with Crippen molar-refractivity contribution in [3.8, 4) is 11.4 Å². The summed E-state index contributed by atoms with van der Waals surface area (Å²) < 4.78 is 14.9. The van der Waals surface area contributed by atoms with Crippen LogP contribution >= 0.6 is 11.8 Å². The van der Waals surface area contributed by atoms with E-state index in [4.69, 9.17) is 0 Å². The molecule has 0 bridgehead atoms. The SMILES string of the molecule is Cn1c(SCC(=O)NC(C2CC2)C2CC2)nnc1-c1ccc(F)cc1. The first kappa shape index (κ1) is 16.6. The second-order valence-corrected chi connectivity index (χ2v) is 7.87. The molecule has 1 aromatic carbocycles. The van der Waals surface area contributed by atoms with Crippen LogP contribution in [-0.2, 0) is 11.8 Å². The van der Waals surface area contributed by atoms with E-state index < -0.39 is 0 Å². The molecule has 0 atom stereocenters. The molecule has 2 aliphatic rings. The van der Waals surface area contributed by atoms with Gasteiger partial charge >= 0.3 is 0 Å². The van der Waals surface area contributed by atoms with E-state index in [2.05, 4.69) is 15.5 Å². The lowest BCUT2D eigenvalue weighted by Gasteiger charge is -2.17. The molecule has 2 saturated carbocycles. The average molecular weight is 360 g/mol. The van der Waals surface area contributed by atoms with E-state index in [-0.39, 0.29) is 11.7 Å². The lowest BCUT2D eigenvalue weighted by Crippen LogP contribution is -2.39. The summed E-state index contributed by atoms with van der Waals surface area (Å²) in [5.74, 6) is 2.18. The van der Waals surface area contributed by atoms with Gasteiger partial charge in [-0.2, -0.15) is 0 Å². The van der Waals surface area contributed by atoms with Crippen LogP contribution in [0.25, 0.3) is 11.4 Å². The third kappa shape index (κ3) is 3.86. The van der Waals surface area contributed by atoms with Crippen LogP contribution in [0.3, 0.4) is 0 Å². The number of nitrogens with zero attached hydrogens (tertiary/aromatic N) is 3. The van der Waals surface area contributed by atoms with Crippen molar-refractivity contribution < 1.29 is 9.18 Å². The summed E-state index contributed by atoms with van der Waals surface area (Å²) >= 11 is 1.38. The van der Waals surface area contributed by atoms with Crippen LogP contribution in [0.5, 0.6) is 0 Å². The van der Waals surface area contributed by atoms with E-state index >= 15 is 0 Å². The Balaban J connectivity index is 1.36. The average Bonchev–Trinajstić information content (AvgIpc) is 3.51. The van der Waals surface area contributed by atoms with Crippen LogP contribution < -0.4 is 5.32 Å². The predicted octanol–water partition coefficient (Wildman–Crippen LogP) is 3.02. The summed E-state index contributed by atoms with van der Waals surface area (Å²) in [6.07, 6.45) is 5.00. The molecule has 5 nitrogen and oxygen atoms in total. The molecule has 0 spiro atoms. The van der Waals surface area contributed by atoms with Crippen LogP contribution in [0.15, 0.2) is 29.4 Å². The maximum absolute atomic E-state index is 13.1. The van der Waals surface area contributed by atoms with E-state index in [9.17, 15) is 9.18 Å². The quantitative estimate of drug-likeness (QED) is 0.771. The number of hydrogen-bond donors (Lipinski definition) is 1. The molecular formula is C18H21FN4OS. The molecule has 132 valence electrons. The zero-order valence-electron chi connectivity index (χ0n) is 14.1. The Kier molecular flexibility index (Phi) is 4.50. The summed E-state index contributed by atoms with van der Waals surface area (Å²) in [5, 5.41) is 12.2. The number of hydrogen-bond acceptors (Lipinski definition) is 4. The highest BCUT2D eigenvalue weighted by molar-refractivity contribution is 7.99. The zero-order chi connectivity index (χ0) is 17.4. The number of benzene rings is 1. The minimum Gasteiger partial charge on any atom is -0.352 e. The van der Waals surface area contributed by atoms with Crippen LogP contribution in [0.1, 0.15) is 25.7 Å². The Bertz CT molecular complexity index is 756. The van der Waals surface area contributed by atoms with E-state index in [0.29, 0.717) is 34.6 Å². The molecule has 4 rings (SSSR count). The van der Waals surface area contributed by atoms with Crippen LogP contribution in [0, 0.1) is 17.7 Å². The summed E-state index contributed by atoms with van der Waals surface area (Å²) in [4.78, 5) is 12.3. The van der Waals surface area contributed by atoms with E-state index in [0.717, 1.165) is 5.56 Å². The number of halogens is 1. The molecule has 1 aromatic heterocycles. The van der Waals surface area contributed by atoms with Gasteiger partial charge in [-0.25, -0.2) is 4.39 Å². The van der Waals surface area contributed by atoms with Crippen LogP contribution in [0.2, 0.25) is 0 Å². The largest absolute Gasteiger partial charge is 0.352 e. The number of thioether (sulfide) groups is 1. The van der Waals surface area contributed by atoms with Crippen molar-refractivity contribution in [2.75, 3.05) is 5.75 Å². The highest BCUT2D eigenvalue weighted by atomic mass is 32.2. The maximum Gasteiger partial charge on any atom is 0.230 e. The molecule has 2 aliphatic carbocycles. The molecule has 25 heavy (non-hydrogen) atoms. The number of carbonyl (C=O) groups excluding carboxylic acids is 1. The Hall–Kier alpha value is -1.89. The summed E-state index contributed by atoms with van der Waals surface area (Å²) in [6.45, 7) is 0. The highest BCUT2D eigenvalue weighted by Crippen LogP contribution is 2.44. The van der Waals surface area contributed by atoms with Gasteiger partial charge in [0.05, 0.1) is 5.75 Å². The second-order valence-electron chi connectivity index (χ2n) is 6.93. The van der Waals surface area contributed by atoms with Crippen molar-refractivity contribution in [3.63, 3.8) is 0 Å². The van der Waals surface area contributed by atoms with Crippen molar-refractivity contribution >= 4 is 17.7 Å². The number of carbonyl (C=O) groups is 1. The van der Waals surface area contributed by atoms with Crippen LogP contribution in [0.4, 0.5) is 4.39 Å². The molecule has 7 heteroatoms. The normalized spacial score (nSPS) is 17.1. The minimum absolute atomic E-state index is 0.0696. The smallest absolute Gasteiger partial charge is 0.230 e. The second kappa shape index (κ2) is 6.78.